The van der Waals surface area contributed by atoms with Gasteiger partial charge < -0.3 is 9.84 Å². The molecule has 0 bridgehead atoms. The Kier molecular flexibility index (Phi) is 6.06. The number of morpholine rings is 1. The van der Waals surface area contributed by atoms with Crippen LogP contribution in [0.15, 0.2) is 0 Å². The molecule has 2 rings (SSSR count). The molecule has 4 heteroatoms. The monoisotopic (exact) mass is 297 g/mol. The smallest absolute Gasteiger partial charge is 0.308 e. The average molecular weight is 297 g/mol. The summed E-state index contributed by atoms with van der Waals surface area (Å²) in [5, 5.41) is 9.62. The summed E-state index contributed by atoms with van der Waals surface area (Å²) in [5.41, 5.74) is 0. The van der Waals surface area contributed by atoms with Crippen LogP contribution in [-0.4, -0.2) is 47.3 Å². The molecule has 4 nitrogen and oxygen atoms in total. The molecule has 5 unspecified atom stereocenters. The van der Waals surface area contributed by atoms with Crippen LogP contribution >= 0.6 is 0 Å². The number of rotatable bonds is 5. The first kappa shape index (κ1) is 16.8. The summed E-state index contributed by atoms with van der Waals surface area (Å²) in [4.78, 5) is 14.2. The molecule has 1 heterocycles. The Morgan fingerprint density at radius 3 is 2.71 bits per heavy atom. The summed E-state index contributed by atoms with van der Waals surface area (Å²) < 4.78 is 5.78. The van der Waals surface area contributed by atoms with Gasteiger partial charge in [0.15, 0.2) is 0 Å². The van der Waals surface area contributed by atoms with Crippen LogP contribution in [0.3, 0.4) is 0 Å². The van der Waals surface area contributed by atoms with E-state index in [2.05, 4.69) is 25.7 Å². The first-order chi connectivity index (χ1) is 10.1. The Balaban J connectivity index is 2.14. The zero-order valence-electron chi connectivity index (χ0n) is 13.8. The third kappa shape index (κ3) is 3.98. The van der Waals surface area contributed by atoms with Gasteiger partial charge in [-0.05, 0) is 38.5 Å². The molecular formula is C17H31NO3. The molecule has 0 spiro atoms. The lowest BCUT2D eigenvalue weighted by molar-refractivity contribution is -0.151. The van der Waals surface area contributed by atoms with Crippen LogP contribution < -0.4 is 0 Å². The van der Waals surface area contributed by atoms with E-state index in [1.807, 2.05) is 0 Å². The van der Waals surface area contributed by atoms with Crippen LogP contribution in [0.25, 0.3) is 0 Å². The van der Waals surface area contributed by atoms with E-state index in [0.29, 0.717) is 12.0 Å². The summed E-state index contributed by atoms with van der Waals surface area (Å²) in [7, 11) is 0. The van der Waals surface area contributed by atoms with Crippen molar-refractivity contribution in [2.45, 2.75) is 77.5 Å². The second-order valence-electron chi connectivity index (χ2n) is 6.88. The minimum atomic E-state index is -0.607. The number of carbonyl (C=O) groups is 1. The largest absolute Gasteiger partial charge is 0.481 e. The number of carboxylic acids is 1. The van der Waals surface area contributed by atoms with E-state index < -0.39 is 5.97 Å². The van der Waals surface area contributed by atoms with Gasteiger partial charge >= 0.3 is 5.97 Å². The van der Waals surface area contributed by atoms with Crippen LogP contribution in [0.5, 0.6) is 0 Å². The molecule has 0 aromatic carbocycles. The fourth-order valence-electron chi connectivity index (χ4n) is 4.18. The molecule has 2 aliphatic rings. The quantitative estimate of drug-likeness (QED) is 0.847. The molecule has 0 radical (unpaired) electrons. The molecule has 1 saturated heterocycles. The van der Waals surface area contributed by atoms with Crippen molar-refractivity contribution in [3.8, 4) is 0 Å². The van der Waals surface area contributed by atoms with Crippen LogP contribution in [0.1, 0.15) is 59.3 Å². The van der Waals surface area contributed by atoms with Gasteiger partial charge in [-0.1, -0.05) is 26.7 Å². The maximum absolute atomic E-state index is 11.7. The van der Waals surface area contributed by atoms with E-state index in [4.69, 9.17) is 4.74 Å². The van der Waals surface area contributed by atoms with Crippen molar-refractivity contribution in [3.63, 3.8) is 0 Å². The maximum Gasteiger partial charge on any atom is 0.308 e. The molecule has 1 saturated carbocycles. The van der Waals surface area contributed by atoms with Crippen molar-refractivity contribution in [1.82, 2.24) is 4.90 Å². The van der Waals surface area contributed by atoms with E-state index in [-0.39, 0.29) is 18.1 Å². The van der Waals surface area contributed by atoms with Crippen molar-refractivity contribution in [2.24, 2.45) is 11.8 Å². The van der Waals surface area contributed by atoms with Crippen LogP contribution in [0.4, 0.5) is 0 Å². The highest BCUT2D eigenvalue weighted by molar-refractivity contribution is 5.71. The Bertz CT molecular complexity index is 347. The highest BCUT2D eigenvalue weighted by Gasteiger charge is 2.41. The van der Waals surface area contributed by atoms with Gasteiger partial charge in [-0.25, -0.2) is 0 Å². The van der Waals surface area contributed by atoms with E-state index >= 15 is 0 Å². The Hall–Kier alpha value is -0.610. The minimum absolute atomic E-state index is 0.197. The van der Waals surface area contributed by atoms with Crippen molar-refractivity contribution < 1.29 is 14.6 Å². The second kappa shape index (κ2) is 7.59. The molecule has 122 valence electrons. The first-order valence-corrected chi connectivity index (χ1v) is 8.66. The second-order valence-corrected chi connectivity index (χ2v) is 6.88. The number of nitrogens with zero attached hydrogens (tertiary/aromatic N) is 1. The molecule has 0 amide bonds. The Morgan fingerprint density at radius 2 is 2.10 bits per heavy atom. The fraction of sp³-hybridized carbons (Fsp3) is 0.941. The lowest BCUT2D eigenvalue weighted by atomic mass is 9.75. The summed E-state index contributed by atoms with van der Waals surface area (Å²) in [6, 6.07) is 0.581. The van der Waals surface area contributed by atoms with Gasteiger partial charge in [0, 0.05) is 18.6 Å². The third-order valence-electron chi connectivity index (χ3n) is 5.35. The number of aliphatic carboxylic acids is 1. The van der Waals surface area contributed by atoms with Gasteiger partial charge in [-0.2, -0.15) is 0 Å². The Morgan fingerprint density at radius 1 is 1.33 bits per heavy atom. The van der Waals surface area contributed by atoms with E-state index in [0.717, 1.165) is 38.8 Å². The number of carboxylic acid groups (broad SMARTS) is 1. The maximum atomic E-state index is 11.7. The number of ether oxygens (including phenoxy) is 1. The lowest BCUT2D eigenvalue weighted by Crippen LogP contribution is -2.57. The zero-order valence-corrected chi connectivity index (χ0v) is 13.8. The van der Waals surface area contributed by atoms with Crippen LogP contribution in [0.2, 0.25) is 0 Å². The van der Waals surface area contributed by atoms with Gasteiger partial charge in [0.1, 0.15) is 0 Å². The standard InChI is InChI=1S/C17H31NO3/c1-4-6-13-7-8-15(17(19)20)16(9-13)18-10-12(3)21-11-14(18)5-2/h12-16H,4-11H2,1-3H3,(H,19,20). The highest BCUT2D eigenvalue weighted by atomic mass is 16.5. The van der Waals surface area contributed by atoms with E-state index in [1.165, 1.54) is 12.8 Å². The summed E-state index contributed by atoms with van der Waals surface area (Å²) in [6.45, 7) is 8.13. The van der Waals surface area contributed by atoms with E-state index in [9.17, 15) is 9.90 Å². The van der Waals surface area contributed by atoms with Crippen LogP contribution in [-0.2, 0) is 9.53 Å². The van der Waals surface area contributed by atoms with Crippen molar-refractivity contribution in [1.29, 1.82) is 0 Å². The Labute approximate surface area is 128 Å². The number of hydrogen-bond donors (Lipinski definition) is 1. The third-order valence-corrected chi connectivity index (χ3v) is 5.35. The molecular weight excluding hydrogens is 266 g/mol. The predicted molar refractivity (Wildman–Crippen MR) is 83.4 cm³/mol. The van der Waals surface area contributed by atoms with Gasteiger partial charge in [0.2, 0.25) is 0 Å². The average Bonchev–Trinajstić information content (AvgIpc) is 2.47. The van der Waals surface area contributed by atoms with Gasteiger partial charge in [0.25, 0.3) is 0 Å². The first-order valence-electron chi connectivity index (χ1n) is 8.66. The zero-order chi connectivity index (χ0) is 15.4. The SMILES string of the molecule is CCCC1CCC(C(=O)O)C(N2CC(C)OCC2CC)C1. The molecule has 0 aromatic rings. The fourth-order valence-corrected chi connectivity index (χ4v) is 4.18. The molecule has 1 aliphatic heterocycles. The molecule has 1 N–H and O–H groups in total. The molecule has 5 atom stereocenters. The highest BCUT2D eigenvalue weighted by Crippen LogP contribution is 2.37. The van der Waals surface area contributed by atoms with Crippen molar-refractivity contribution >= 4 is 5.97 Å². The summed E-state index contributed by atoms with van der Waals surface area (Å²) in [6.07, 6.45) is 6.66. The topological polar surface area (TPSA) is 49.8 Å². The summed E-state index contributed by atoms with van der Waals surface area (Å²) >= 11 is 0. The molecule has 0 aromatic heterocycles. The minimum Gasteiger partial charge on any atom is -0.481 e. The molecule has 21 heavy (non-hydrogen) atoms. The van der Waals surface area contributed by atoms with Crippen molar-refractivity contribution in [3.05, 3.63) is 0 Å². The van der Waals surface area contributed by atoms with Crippen LogP contribution in [0, 0.1) is 11.8 Å². The lowest BCUT2D eigenvalue weighted by Gasteiger charge is -2.48. The number of hydrogen-bond acceptors (Lipinski definition) is 3. The van der Waals surface area contributed by atoms with Gasteiger partial charge in [-0.15, -0.1) is 0 Å². The van der Waals surface area contributed by atoms with Gasteiger partial charge in [-0.3, -0.25) is 9.69 Å². The van der Waals surface area contributed by atoms with Gasteiger partial charge in [0.05, 0.1) is 18.6 Å². The summed E-state index contributed by atoms with van der Waals surface area (Å²) in [5.74, 6) is -0.104. The molecule has 1 aliphatic carbocycles. The normalized spacial score (nSPS) is 38.3. The van der Waals surface area contributed by atoms with Crippen molar-refractivity contribution in [2.75, 3.05) is 13.2 Å². The van der Waals surface area contributed by atoms with E-state index in [1.54, 1.807) is 0 Å². The predicted octanol–water partition coefficient (Wildman–Crippen LogP) is 3.16. The molecule has 2 fully saturated rings.